The number of hydrogen-bond donors (Lipinski definition) is 0. The molecule has 2 heterocycles. The average molecular weight is 300 g/mol. The smallest absolute Gasteiger partial charge is 0.341 e. The predicted octanol–water partition coefficient (Wildman–Crippen LogP) is 4.27. The van der Waals surface area contributed by atoms with Gasteiger partial charge in [-0.15, -0.1) is 0 Å². The number of esters is 1. The van der Waals surface area contributed by atoms with Crippen molar-refractivity contribution >= 4 is 17.0 Å². The van der Waals surface area contributed by atoms with Gasteiger partial charge in [-0.05, 0) is 65.5 Å². The molecule has 0 amide bonds. The molecule has 0 bridgehead atoms. The van der Waals surface area contributed by atoms with E-state index >= 15 is 0 Å². The minimum absolute atomic E-state index is 0.259. The van der Waals surface area contributed by atoms with Gasteiger partial charge in [-0.3, -0.25) is 0 Å². The molecule has 2 aromatic rings. The highest BCUT2D eigenvalue weighted by Crippen LogP contribution is 2.42. The van der Waals surface area contributed by atoms with Crippen LogP contribution in [-0.2, 0) is 4.74 Å². The maximum absolute atomic E-state index is 12.7. The second kappa shape index (κ2) is 5.11. The number of fused-ring (bicyclic) bond motifs is 1. The van der Waals surface area contributed by atoms with Crippen molar-refractivity contribution in [3.8, 4) is 0 Å². The van der Waals surface area contributed by atoms with E-state index in [9.17, 15) is 4.79 Å². The first-order valence-corrected chi connectivity index (χ1v) is 7.98. The van der Waals surface area contributed by atoms with Gasteiger partial charge in [0, 0.05) is 23.3 Å². The molecule has 1 aliphatic rings. The summed E-state index contributed by atoms with van der Waals surface area (Å²) in [5, 5.41) is 0.891. The maximum atomic E-state index is 12.7. The largest absolute Gasteiger partial charge is 0.456 e. The summed E-state index contributed by atoms with van der Waals surface area (Å²) in [4.78, 5) is 17.2. The lowest BCUT2D eigenvalue weighted by Gasteiger charge is -2.20. The molecule has 0 aliphatic heterocycles. The molecule has 118 valence electrons. The van der Waals surface area contributed by atoms with E-state index in [-0.39, 0.29) is 5.97 Å². The van der Waals surface area contributed by atoms with Gasteiger partial charge in [0.2, 0.25) is 0 Å². The highest BCUT2D eigenvalue weighted by atomic mass is 16.6. The quantitative estimate of drug-likeness (QED) is 0.795. The van der Waals surface area contributed by atoms with Crippen molar-refractivity contribution in [2.24, 2.45) is 5.92 Å². The number of carbonyl (C=O) groups is 1. The van der Waals surface area contributed by atoms with Crippen LogP contribution in [0.3, 0.4) is 0 Å². The SMILES string of the molecule is Cc1c(C(=O)OC(C)(C)C)c2cccnc2n1C(C)C1CC1. The monoisotopic (exact) mass is 300 g/mol. The fourth-order valence-electron chi connectivity index (χ4n) is 3.13. The summed E-state index contributed by atoms with van der Waals surface area (Å²) in [7, 11) is 0. The van der Waals surface area contributed by atoms with Gasteiger partial charge in [-0.25, -0.2) is 9.78 Å². The molecule has 1 fully saturated rings. The van der Waals surface area contributed by atoms with Gasteiger partial charge < -0.3 is 9.30 Å². The average Bonchev–Trinajstić information content (AvgIpc) is 3.19. The minimum Gasteiger partial charge on any atom is -0.456 e. The van der Waals surface area contributed by atoms with Crippen LogP contribution < -0.4 is 0 Å². The van der Waals surface area contributed by atoms with E-state index in [2.05, 4.69) is 16.5 Å². The molecule has 3 rings (SSSR count). The Labute approximate surface area is 131 Å². The molecule has 0 aromatic carbocycles. The lowest BCUT2D eigenvalue weighted by molar-refractivity contribution is 0.00707. The highest BCUT2D eigenvalue weighted by Gasteiger charge is 2.33. The number of nitrogens with zero attached hydrogens (tertiary/aromatic N) is 2. The first-order valence-electron chi connectivity index (χ1n) is 7.98. The molecule has 22 heavy (non-hydrogen) atoms. The normalized spacial score (nSPS) is 16.8. The van der Waals surface area contributed by atoms with E-state index in [0.717, 1.165) is 16.7 Å². The number of carbonyl (C=O) groups excluding carboxylic acids is 1. The molecule has 1 unspecified atom stereocenters. The number of pyridine rings is 1. The van der Waals surface area contributed by atoms with Crippen LogP contribution in [0.25, 0.3) is 11.0 Å². The van der Waals surface area contributed by atoms with E-state index in [1.165, 1.54) is 12.8 Å². The van der Waals surface area contributed by atoms with E-state index < -0.39 is 5.60 Å². The Morgan fingerprint density at radius 1 is 1.41 bits per heavy atom. The third-order valence-electron chi connectivity index (χ3n) is 4.32. The Hall–Kier alpha value is -1.84. The highest BCUT2D eigenvalue weighted by molar-refractivity contribution is 6.05. The van der Waals surface area contributed by atoms with Crippen LogP contribution in [0.1, 0.15) is 62.6 Å². The van der Waals surface area contributed by atoms with E-state index in [1.54, 1.807) is 6.20 Å². The summed E-state index contributed by atoms with van der Waals surface area (Å²) in [5.41, 5.74) is 2.01. The van der Waals surface area contributed by atoms with Gasteiger partial charge in [-0.1, -0.05) is 0 Å². The van der Waals surface area contributed by atoms with Crippen LogP contribution in [0.2, 0.25) is 0 Å². The fourth-order valence-corrected chi connectivity index (χ4v) is 3.13. The number of ether oxygens (including phenoxy) is 1. The van der Waals surface area contributed by atoms with Crippen molar-refractivity contribution in [3.63, 3.8) is 0 Å². The molecule has 2 aromatic heterocycles. The van der Waals surface area contributed by atoms with Gasteiger partial charge in [0.15, 0.2) is 0 Å². The van der Waals surface area contributed by atoms with Crippen molar-refractivity contribution in [2.45, 2.75) is 59.1 Å². The molecular weight excluding hydrogens is 276 g/mol. The summed E-state index contributed by atoms with van der Waals surface area (Å²) < 4.78 is 7.82. The molecule has 0 radical (unpaired) electrons. The van der Waals surface area contributed by atoms with Gasteiger partial charge in [0.05, 0.1) is 5.56 Å². The summed E-state index contributed by atoms with van der Waals surface area (Å²) in [5.74, 6) is 0.438. The van der Waals surface area contributed by atoms with Crippen LogP contribution in [0, 0.1) is 12.8 Å². The maximum Gasteiger partial charge on any atom is 0.341 e. The lowest BCUT2D eigenvalue weighted by Crippen LogP contribution is -2.24. The molecule has 1 atom stereocenters. The van der Waals surface area contributed by atoms with Crippen LogP contribution >= 0.6 is 0 Å². The van der Waals surface area contributed by atoms with E-state index in [1.807, 2.05) is 39.8 Å². The Morgan fingerprint density at radius 3 is 2.68 bits per heavy atom. The third-order valence-corrected chi connectivity index (χ3v) is 4.32. The molecular formula is C18H24N2O2. The van der Waals surface area contributed by atoms with Crippen LogP contribution in [-0.4, -0.2) is 21.1 Å². The van der Waals surface area contributed by atoms with Crippen LogP contribution in [0.5, 0.6) is 0 Å². The first-order chi connectivity index (χ1) is 10.3. The van der Waals surface area contributed by atoms with E-state index in [4.69, 9.17) is 4.74 Å². The standard InChI is InChI=1S/C18H24N2O2/c1-11(13-8-9-13)20-12(2)15(17(21)22-18(3,4)5)14-7-6-10-19-16(14)20/h6-7,10-11,13H,8-9H2,1-5H3. The van der Waals surface area contributed by atoms with Crippen molar-refractivity contribution < 1.29 is 9.53 Å². The number of rotatable bonds is 3. The first kappa shape index (κ1) is 15.1. The Kier molecular flexibility index (Phi) is 3.50. The number of aromatic nitrogens is 2. The van der Waals surface area contributed by atoms with Gasteiger partial charge >= 0.3 is 5.97 Å². The zero-order valence-corrected chi connectivity index (χ0v) is 14.0. The zero-order valence-electron chi connectivity index (χ0n) is 14.0. The van der Waals surface area contributed by atoms with Crippen molar-refractivity contribution in [1.82, 2.24) is 9.55 Å². The molecule has 4 heteroatoms. The van der Waals surface area contributed by atoms with Crippen molar-refractivity contribution in [3.05, 3.63) is 29.6 Å². The zero-order chi connectivity index (χ0) is 16.1. The summed E-state index contributed by atoms with van der Waals surface area (Å²) >= 11 is 0. The molecule has 1 saturated carbocycles. The number of hydrogen-bond acceptors (Lipinski definition) is 3. The van der Waals surface area contributed by atoms with Gasteiger partial charge in [-0.2, -0.15) is 0 Å². The Morgan fingerprint density at radius 2 is 2.09 bits per heavy atom. The molecule has 0 N–H and O–H groups in total. The van der Waals surface area contributed by atoms with Gasteiger partial charge in [0.1, 0.15) is 11.2 Å². The minimum atomic E-state index is -0.498. The summed E-state index contributed by atoms with van der Waals surface area (Å²) in [6.45, 7) is 9.90. The molecule has 0 spiro atoms. The second-order valence-electron chi connectivity index (χ2n) is 7.28. The van der Waals surface area contributed by atoms with Crippen LogP contribution in [0.15, 0.2) is 18.3 Å². The lowest BCUT2D eigenvalue weighted by atomic mass is 10.1. The van der Waals surface area contributed by atoms with Gasteiger partial charge in [0.25, 0.3) is 0 Å². The molecule has 1 aliphatic carbocycles. The fraction of sp³-hybridized carbons (Fsp3) is 0.556. The van der Waals surface area contributed by atoms with E-state index in [0.29, 0.717) is 17.5 Å². The molecule has 4 nitrogen and oxygen atoms in total. The van der Waals surface area contributed by atoms with Crippen molar-refractivity contribution in [2.75, 3.05) is 0 Å². The second-order valence-corrected chi connectivity index (χ2v) is 7.28. The predicted molar refractivity (Wildman–Crippen MR) is 87.1 cm³/mol. The Bertz CT molecular complexity index is 720. The molecule has 0 saturated heterocycles. The topological polar surface area (TPSA) is 44.1 Å². The summed E-state index contributed by atoms with van der Waals surface area (Å²) in [6.07, 6.45) is 4.31. The van der Waals surface area contributed by atoms with Crippen LogP contribution in [0.4, 0.5) is 0 Å². The summed E-state index contributed by atoms with van der Waals surface area (Å²) in [6, 6.07) is 4.21. The third kappa shape index (κ3) is 2.62. The Balaban J connectivity index is 2.14. The van der Waals surface area contributed by atoms with Crippen molar-refractivity contribution in [1.29, 1.82) is 0 Å².